The van der Waals surface area contributed by atoms with Crippen LogP contribution in [0.25, 0.3) is 0 Å². The van der Waals surface area contributed by atoms with Gasteiger partial charge in [0.05, 0.1) is 11.6 Å². The van der Waals surface area contributed by atoms with Crippen molar-refractivity contribution in [3.63, 3.8) is 0 Å². The first kappa shape index (κ1) is 18.0. The van der Waals surface area contributed by atoms with Gasteiger partial charge in [-0.05, 0) is 29.9 Å². The van der Waals surface area contributed by atoms with Gasteiger partial charge in [-0.2, -0.15) is 10.2 Å². The summed E-state index contributed by atoms with van der Waals surface area (Å²) in [6.45, 7) is 6.14. The third kappa shape index (κ3) is 2.65. The molecule has 0 bridgehead atoms. The Kier molecular flexibility index (Phi) is 4.05. The highest BCUT2D eigenvalue weighted by atomic mass is 19.3. The summed E-state index contributed by atoms with van der Waals surface area (Å²) in [5.41, 5.74) is 2.21. The van der Waals surface area contributed by atoms with Gasteiger partial charge in [-0.3, -0.25) is 4.79 Å². The third-order valence-electron chi connectivity index (χ3n) is 5.94. The van der Waals surface area contributed by atoms with E-state index in [1.54, 1.807) is 12.3 Å². The lowest BCUT2D eigenvalue weighted by molar-refractivity contribution is -0.119. The van der Waals surface area contributed by atoms with Gasteiger partial charge in [-0.15, -0.1) is 0 Å². The van der Waals surface area contributed by atoms with E-state index in [4.69, 9.17) is 0 Å². The Hall–Kier alpha value is -2.37. The van der Waals surface area contributed by atoms with Crippen LogP contribution >= 0.6 is 0 Å². The number of ketones is 1. The molecule has 0 saturated carbocycles. The fourth-order valence-corrected chi connectivity index (χ4v) is 4.83. The lowest BCUT2D eigenvalue weighted by Gasteiger charge is -2.47. The van der Waals surface area contributed by atoms with Gasteiger partial charge in [0, 0.05) is 28.8 Å². The summed E-state index contributed by atoms with van der Waals surface area (Å²) in [5, 5.41) is 11.7. The predicted octanol–water partition coefficient (Wildman–Crippen LogP) is 5.19. The average Bonchev–Trinajstić information content (AvgIpc) is 3.07. The van der Waals surface area contributed by atoms with Gasteiger partial charge in [-0.1, -0.05) is 39.0 Å². The molecule has 1 aromatic rings. The predicted molar refractivity (Wildman–Crippen MR) is 98.3 cm³/mol. The number of Topliss-reactive ketones (excluding diaryl/α,β-unsaturated/α-hetero) is 1. The fourth-order valence-electron chi connectivity index (χ4n) is 4.83. The lowest BCUT2D eigenvalue weighted by atomic mass is 9.59. The number of carbonyl (C=O) groups excluding carboxylic acids is 1. The maximum absolute atomic E-state index is 13.4. The molecule has 0 spiro atoms. The van der Waals surface area contributed by atoms with Gasteiger partial charge >= 0.3 is 0 Å². The zero-order valence-corrected chi connectivity index (χ0v) is 15.7. The Balaban J connectivity index is 1.98. The molecule has 27 heavy (non-hydrogen) atoms. The minimum atomic E-state index is -2.56. The summed E-state index contributed by atoms with van der Waals surface area (Å²) in [6.07, 6.45) is 0.533. The first-order chi connectivity index (χ1) is 12.8. The van der Waals surface area contributed by atoms with E-state index >= 15 is 0 Å². The first-order valence-corrected chi connectivity index (χ1v) is 9.31. The van der Waals surface area contributed by atoms with Gasteiger partial charge in [0.25, 0.3) is 6.43 Å². The second-order valence-corrected chi connectivity index (χ2v) is 8.34. The van der Waals surface area contributed by atoms with Crippen LogP contribution in [-0.4, -0.2) is 11.9 Å². The van der Waals surface area contributed by atoms with E-state index in [0.29, 0.717) is 24.0 Å². The molecule has 0 aromatic heterocycles. The Morgan fingerprint density at radius 2 is 2.07 bits per heavy atom. The summed E-state index contributed by atoms with van der Waals surface area (Å²) in [6, 6.07) is 6.45. The molecule has 6 heteroatoms. The third-order valence-corrected chi connectivity index (χ3v) is 5.94. The SMILES string of the molecule is CCC1(c2cccc(C(F)F)c2)C2=CN=NC2NC2=C1C(=O)CC(C)(C)C2. The van der Waals surface area contributed by atoms with Crippen molar-refractivity contribution in [3.8, 4) is 0 Å². The molecule has 1 N–H and O–H groups in total. The molecule has 0 saturated heterocycles. The molecule has 2 atom stereocenters. The number of hydrogen-bond donors (Lipinski definition) is 1. The number of hydrogen-bond acceptors (Lipinski definition) is 4. The van der Waals surface area contributed by atoms with E-state index in [-0.39, 0.29) is 22.9 Å². The molecule has 0 fully saturated rings. The van der Waals surface area contributed by atoms with Gasteiger partial charge in [-0.25, -0.2) is 8.78 Å². The summed E-state index contributed by atoms with van der Waals surface area (Å²) in [7, 11) is 0. The van der Waals surface area contributed by atoms with Crippen molar-refractivity contribution in [3.05, 3.63) is 58.4 Å². The molecule has 3 aliphatic rings. The maximum Gasteiger partial charge on any atom is 0.263 e. The summed E-state index contributed by atoms with van der Waals surface area (Å²) >= 11 is 0. The summed E-state index contributed by atoms with van der Waals surface area (Å²) in [4.78, 5) is 13.3. The molecule has 1 aliphatic carbocycles. The van der Waals surface area contributed by atoms with Crippen molar-refractivity contribution >= 4 is 5.78 Å². The zero-order chi connectivity index (χ0) is 19.4. The molecular formula is C21H23F2N3O. The minimum absolute atomic E-state index is 0.0337. The van der Waals surface area contributed by atoms with Crippen LogP contribution in [0.2, 0.25) is 0 Å². The van der Waals surface area contributed by atoms with Crippen LogP contribution in [-0.2, 0) is 10.2 Å². The summed E-state index contributed by atoms with van der Waals surface area (Å²) in [5.74, 6) is 0.0734. The van der Waals surface area contributed by atoms with E-state index in [0.717, 1.165) is 17.7 Å². The van der Waals surface area contributed by atoms with Crippen molar-refractivity contribution in [2.45, 2.75) is 58.0 Å². The Morgan fingerprint density at radius 3 is 2.78 bits per heavy atom. The van der Waals surface area contributed by atoms with Crippen LogP contribution in [0.4, 0.5) is 8.78 Å². The molecule has 2 unspecified atom stereocenters. The number of alkyl halides is 2. The largest absolute Gasteiger partial charge is 0.362 e. The van der Waals surface area contributed by atoms with E-state index in [9.17, 15) is 13.6 Å². The van der Waals surface area contributed by atoms with Crippen molar-refractivity contribution in [1.82, 2.24) is 5.32 Å². The highest BCUT2D eigenvalue weighted by Crippen LogP contribution is 2.53. The Morgan fingerprint density at radius 1 is 1.30 bits per heavy atom. The first-order valence-electron chi connectivity index (χ1n) is 9.31. The van der Waals surface area contributed by atoms with E-state index in [1.807, 2.05) is 13.0 Å². The van der Waals surface area contributed by atoms with Crippen molar-refractivity contribution < 1.29 is 13.6 Å². The van der Waals surface area contributed by atoms with Crippen LogP contribution in [0.3, 0.4) is 0 Å². The monoisotopic (exact) mass is 371 g/mol. The lowest BCUT2D eigenvalue weighted by Crippen LogP contribution is -2.51. The van der Waals surface area contributed by atoms with Gasteiger partial charge in [0.15, 0.2) is 11.9 Å². The summed E-state index contributed by atoms with van der Waals surface area (Å²) < 4.78 is 26.8. The highest BCUT2D eigenvalue weighted by Gasteiger charge is 2.53. The van der Waals surface area contributed by atoms with Crippen LogP contribution in [0.5, 0.6) is 0 Å². The normalized spacial score (nSPS) is 28.7. The van der Waals surface area contributed by atoms with Crippen LogP contribution in [0.15, 0.2) is 57.5 Å². The standard InChI is InChI=1S/C21H23F2N3O/c1-4-21(13-7-5-6-12(8-13)18(22)23)14-11-24-26-19(14)25-15-9-20(2,3)10-16(27)17(15)21/h5-8,11,18-19,25H,4,9-10H2,1-3H3. The number of allylic oxidation sites excluding steroid dienone is 2. The van der Waals surface area contributed by atoms with E-state index < -0.39 is 11.8 Å². The van der Waals surface area contributed by atoms with Gasteiger partial charge in [0.1, 0.15) is 0 Å². The number of benzene rings is 1. The van der Waals surface area contributed by atoms with Gasteiger partial charge in [0.2, 0.25) is 0 Å². The molecule has 4 rings (SSSR count). The number of rotatable bonds is 3. The van der Waals surface area contributed by atoms with Crippen LogP contribution in [0.1, 0.15) is 57.6 Å². The number of halogens is 2. The molecule has 2 heterocycles. The molecule has 1 aromatic carbocycles. The van der Waals surface area contributed by atoms with Crippen molar-refractivity contribution in [2.24, 2.45) is 15.6 Å². The smallest absolute Gasteiger partial charge is 0.263 e. The number of nitrogens with one attached hydrogen (secondary N) is 1. The molecule has 0 radical (unpaired) electrons. The molecule has 4 nitrogen and oxygen atoms in total. The molecule has 0 amide bonds. The highest BCUT2D eigenvalue weighted by molar-refractivity contribution is 6.01. The van der Waals surface area contributed by atoms with Crippen LogP contribution < -0.4 is 5.32 Å². The number of azo groups is 1. The zero-order valence-electron chi connectivity index (χ0n) is 15.7. The average molecular weight is 371 g/mol. The number of fused-ring (bicyclic) bond motifs is 1. The maximum atomic E-state index is 13.4. The minimum Gasteiger partial charge on any atom is -0.362 e. The Labute approximate surface area is 157 Å². The fraction of sp³-hybridized carbons (Fsp3) is 0.476. The quantitative estimate of drug-likeness (QED) is 0.794. The van der Waals surface area contributed by atoms with E-state index in [1.165, 1.54) is 12.1 Å². The van der Waals surface area contributed by atoms with Crippen molar-refractivity contribution in [1.29, 1.82) is 0 Å². The second-order valence-electron chi connectivity index (χ2n) is 8.34. The van der Waals surface area contributed by atoms with Crippen molar-refractivity contribution in [2.75, 3.05) is 0 Å². The van der Waals surface area contributed by atoms with E-state index in [2.05, 4.69) is 29.4 Å². The molecular weight excluding hydrogens is 348 g/mol. The molecule has 142 valence electrons. The Bertz CT molecular complexity index is 900. The topological polar surface area (TPSA) is 53.8 Å². The second kappa shape index (κ2) is 6.08. The number of nitrogens with zero attached hydrogens (tertiary/aromatic N) is 2. The number of carbonyl (C=O) groups is 1. The van der Waals surface area contributed by atoms with Crippen LogP contribution in [0, 0.1) is 5.41 Å². The van der Waals surface area contributed by atoms with Gasteiger partial charge < -0.3 is 5.32 Å². The molecule has 2 aliphatic heterocycles.